The quantitative estimate of drug-likeness (QED) is 0.906. The molecule has 1 fully saturated rings. The van der Waals surface area contributed by atoms with Crippen LogP contribution in [0, 0.1) is 22.7 Å². The Hall–Kier alpha value is -2.83. The van der Waals surface area contributed by atoms with E-state index < -0.39 is 0 Å². The SMILES string of the molecule is CC(Cn1ccc2cc(C#N)ccc21)NCC(=O)N1CCC[C@H]1C#N. The second kappa shape index (κ2) is 7.38. The molecule has 2 atom stereocenters. The molecule has 1 unspecified atom stereocenters. The molecule has 1 aliphatic heterocycles. The summed E-state index contributed by atoms with van der Waals surface area (Å²) in [6.07, 6.45) is 3.68. The van der Waals surface area contributed by atoms with Crippen molar-refractivity contribution in [3.63, 3.8) is 0 Å². The highest BCUT2D eigenvalue weighted by atomic mass is 16.2. The molecule has 6 nitrogen and oxygen atoms in total. The summed E-state index contributed by atoms with van der Waals surface area (Å²) in [6.45, 7) is 3.69. The van der Waals surface area contributed by atoms with Crippen LogP contribution in [0.25, 0.3) is 10.9 Å². The lowest BCUT2D eigenvalue weighted by Gasteiger charge is -2.21. The summed E-state index contributed by atoms with van der Waals surface area (Å²) >= 11 is 0. The smallest absolute Gasteiger partial charge is 0.237 e. The molecule has 1 aromatic carbocycles. The zero-order valence-electron chi connectivity index (χ0n) is 14.3. The van der Waals surface area contributed by atoms with Crippen LogP contribution in [0.4, 0.5) is 0 Å². The molecule has 128 valence electrons. The minimum atomic E-state index is -0.271. The van der Waals surface area contributed by atoms with Crippen LogP contribution in [0.3, 0.4) is 0 Å². The molecule has 25 heavy (non-hydrogen) atoms. The highest BCUT2D eigenvalue weighted by Gasteiger charge is 2.28. The van der Waals surface area contributed by atoms with Gasteiger partial charge in [0.05, 0.1) is 24.2 Å². The average molecular weight is 335 g/mol. The number of carbonyl (C=O) groups excluding carboxylic acids is 1. The van der Waals surface area contributed by atoms with Gasteiger partial charge in [-0.25, -0.2) is 0 Å². The molecule has 0 saturated carbocycles. The van der Waals surface area contributed by atoms with Crippen molar-refractivity contribution >= 4 is 16.8 Å². The Labute approximate surface area is 147 Å². The van der Waals surface area contributed by atoms with Crippen LogP contribution in [0.15, 0.2) is 30.5 Å². The van der Waals surface area contributed by atoms with Gasteiger partial charge in [0.15, 0.2) is 0 Å². The molecule has 0 spiro atoms. The topological polar surface area (TPSA) is 84.8 Å². The maximum atomic E-state index is 12.3. The van der Waals surface area contributed by atoms with Gasteiger partial charge in [0, 0.05) is 36.2 Å². The van der Waals surface area contributed by atoms with Crippen molar-refractivity contribution in [2.75, 3.05) is 13.1 Å². The van der Waals surface area contributed by atoms with E-state index in [1.165, 1.54) is 0 Å². The fraction of sp³-hybridized carbons (Fsp3) is 0.421. The van der Waals surface area contributed by atoms with Gasteiger partial charge in [0.1, 0.15) is 6.04 Å². The first kappa shape index (κ1) is 17.0. The fourth-order valence-electron chi connectivity index (χ4n) is 3.35. The third kappa shape index (κ3) is 3.65. The van der Waals surface area contributed by atoms with E-state index in [-0.39, 0.29) is 24.5 Å². The van der Waals surface area contributed by atoms with Gasteiger partial charge in [0.2, 0.25) is 5.91 Å². The number of nitrogens with zero attached hydrogens (tertiary/aromatic N) is 4. The number of likely N-dealkylation sites (tertiary alicyclic amines) is 1. The lowest BCUT2D eigenvalue weighted by Crippen LogP contribution is -2.43. The lowest BCUT2D eigenvalue weighted by atomic mass is 10.2. The summed E-state index contributed by atoms with van der Waals surface area (Å²) in [5, 5.41) is 22.4. The van der Waals surface area contributed by atoms with Crippen LogP contribution < -0.4 is 5.32 Å². The molecule has 1 aromatic heterocycles. The molecular weight excluding hydrogens is 314 g/mol. The molecule has 2 heterocycles. The van der Waals surface area contributed by atoms with E-state index in [1.807, 2.05) is 37.4 Å². The molecule has 1 aliphatic rings. The number of nitriles is 2. The van der Waals surface area contributed by atoms with Gasteiger partial charge in [-0.15, -0.1) is 0 Å². The van der Waals surface area contributed by atoms with Gasteiger partial charge in [-0.05, 0) is 44.0 Å². The summed E-state index contributed by atoms with van der Waals surface area (Å²) in [5.74, 6) is -0.00748. The summed E-state index contributed by atoms with van der Waals surface area (Å²) in [5.41, 5.74) is 1.72. The van der Waals surface area contributed by atoms with Gasteiger partial charge in [-0.2, -0.15) is 10.5 Å². The first-order chi connectivity index (χ1) is 12.1. The van der Waals surface area contributed by atoms with Crippen LogP contribution in [0.5, 0.6) is 0 Å². The van der Waals surface area contributed by atoms with Gasteiger partial charge >= 0.3 is 0 Å². The van der Waals surface area contributed by atoms with Gasteiger partial charge in [-0.1, -0.05) is 0 Å². The molecule has 0 aliphatic carbocycles. The number of nitrogens with one attached hydrogen (secondary N) is 1. The second-order valence-corrected chi connectivity index (χ2v) is 6.51. The molecule has 1 saturated heterocycles. The maximum Gasteiger partial charge on any atom is 0.237 e. The molecule has 0 bridgehead atoms. The van der Waals surface area contributed by atoms with Crippen molar-refractivity contribution < 1.29 is 4.79 Å². The van der Waals surface area contributed by atoms with Crippen LogP contribution in [-0.4, -0.2) is 40.5 Å². The number of carbonyl (C=O) groups is 1. The van der Waals surface area contributed by atoms with Crippen molar-refractivity contribution in [3.05, 3.63) is 36.0 Å². The van der Waals surface area contributed by atoms with Crippen LogP contribution in [-0.2, 0) is 11.3 Å². The Morgan fingerprint density at radius 2 is 2.24 bits per heavy atom. The molecular formula is C19H21N5O. The Kier molecular flexibility index (Phi) is 5.02. The summed E-state index contributed by atoms with van der Waals surface area (Å²) in [6, 6.07) is 11.8. The van der Waals surface area contributed by atoms with Gasteiger partial charge < -0.3 is 14.8 Å². The number of aromatic nitrogens is 1. The number of rotatable bonds is 5. The number of amides is 1. The van der Waals surface area contributed by atoms with Crippen molar-refractivity contribution in [2.24, 2.45) is 0 Å². The maximum absolute atomic E-state index is 12.3. The van der Waals surface area contributed by atoms with Crippen LogP contribution in [0.2, 0.25) is 0 Å². The van der Waals surface area contributed by atoms with Crippen LogP contribution in [0.1, 0.15) is 25.3 Å². The Morgan fingerprint density at radius 3 is 3.00 bits per heavy atom. The first-order valence-electron chi connectivity index (χ1n) is 8.54. The Balaban J connectivity index is 1.58. The lowest BCUT2D eigenvalue weighted by molar-refractivity contribution is -0.130. The highest BCUT2D eigenvalue weighted by molar-refractivity contribution is 5.81. The monoisotopic (exact) mass is 335 g/mol. The summed E-state index contributed by atoms with van der Waals surface area (Å²) in [7, 11) is 0. The van der Waals surface area contributed by atoms with E-state index in [2.05, 4.69) is 22.0 Å². The highest BCUT2D eigenvalue weighted by Crippen LogP contribution is 2.18. The molecule has 1 amide bonds. The predicted octanol–water partition coefficient (Wildman–Crippen LogP) is 2.01. The van der Waals surface area contributed by atoms with Crippen molar-refractivity contribution in [3.8, 4) is 12.1 Å². The normalized spacial score (nSPS) is 18.0. The first-order valence-corrected chi connectivity index (χ1v) is 8.54. The van der Waals surface area contributed by atoms with E-state index in [4.69, 9.17) is 10.5 Å². The molecule has 0 radical (unpaired) electrons. The van der Waals surface area contributed by atoms with E-state index in [9.17, 15) is 4.79 Å². The van der Waals surface area contributed by atoms with Gasteiger partial charge in [0.25, 0.3) is 0 Å². The average Bonchev–Trinajstić information content (AvgIpc) is 3.26. The number of fused-ring (bicyclic) bond motifs is 1. The number of hydrogen-bond donors (Lipinski definition) is 1. The molecule has 1 N–H and O–H groups in total. The Bertz CT molecular complexity index is 857. The largest absolute Gasteiger partial charge is 0.346 e. The number of benzene rings is 1. The Morgan fingerprint density at radius 1 is 1.40 bits per heavy atom. The second-order valence-electron chi connectivity index (χ2n) is 6.51. The fourth-order valence-corrected chi connectivity index (χ4v) is 3.35. The van der Waals surface area contributed by atoms with Crippen LogP contribution >= 0.6 is 0 Å². The molecule has 2 aromatic rings. The minimum Gasteiger partial charge on any atom is -0.346 e. The molecule has 6 heteroatoms. The minimum absolute atomic E-state index is 0.00748. The third-order valence-electron chi connectivity index (χ3n) is 4.69. The zero-order valence-corrected chi connectivity index (χ0v) is 14.3. The summed E-state index contributed by atoms with van der Waals surface area (Å²) in [4.78, 5) is 14.0. The van der Waals surface area contributed by atoms with E-state index in [0.29, 0.717) is 12.1 Å². The van der Waals surface area contributed by atoms with Crippen molar-refractivity contribution in [1.82, 2.24) is 14.8 Å². The zero-order chi connectivity index (χ0) is 17.8. The van der Waals surface area contributed by atoms with Crippen molar-refractivity contribution in [1.29, 1.82) is 10.5 Å². The molecule has 3 rings (SSSR count). The van der Waals surface area contributed by atoms with E-state index in [1.54, 1.807) is 4.90 Å². The van der Waals surface area contributed by atoms with E-state index >= 15 is 0 Å². The van der Waals surface area contributed by atoms with E-state index in [0.717, 1.165) is 30.3 Å². The summed E-state index contributed by atoms with van der Waals surface area (Å²) < 4.78 is 2.12. The third-order valence-corrected chi connectivity index (χ3v) is 4.69. The number of hydrogen-bond acceptors (Lipinski definition) is 4. The standard InChI is InChI=1S/C19H21N5O/c1-14(22-12-19(25)24-7-2-3-17(24)11-21)13-23-8-6-16-9-15(10-20)4-5-18(16)23/h4-6,8-9,14,17,22H,2-3,7,12-13H2,1H3/t14?,17-/m0/s1. The predicted molar refractivity (Wildman–Crippen MR) is 94.5 cm³/mol. The van der Waals surface area contributed by atoms with Gasteiger partial charge in [-0.3, -0.25) is 4.79 Å². The van der Waals surface area contributed by atoms with Crippen molar-refractivity contribution in [2.45, 2.75) is 38.4 Å².